The number of halogens is 2. The van der Waals surface area contributed by atoms with Crippen LogP contribution in [-0.2, 0) is 11.3 Å². The number of amides is 1. The van der Waals surface area contributed by atoms with Crippen LogP contribution in [0.2, 0.25) is 0 Å². The van der Waals surface area contributed by atoms with Gasteiger partial charge in [0.25, 0.3) is 0 Å². The molecule has 0 aliphatic rings. The molecule has 0 aromatic heterocycles. The molecule has 2 N–H and O–H groups in total. The predicted molar refractivity (Wildman–Crippen MR) is 97.0 cm³/mol. The molecule has 22 heavy (non-hydrogen) atoms. The molecule has 1 unspecified atom stereocenters. The van der Waals surface area contributed by atoms with Crippen LogP contribution in [0.15, 0.2) is 27.1 Å². The zero-order valence-electron chi connectivity index (χ0n) is 13.5. The summed E-state index contributed by atoms with van der Waals surface area (Å²) in [4.78, 5) is 11.8. The largest absolute Gasteiger partial charge is 0.444 e. The zero-order chi connectivity index (χ0) is 16.8. The fraction of sp³-hybridized carbons (Fsp3) is 0.562. The third-order valence-corrected chi connectivity index (χ3v) is 4.80. The van der Waals surface area contributed by atoms with Crippen LogP contribution >= 0.6 is 31.9 Å². The summed E-state index contributed by atoms with van der Waals surface area (Å²) in [5, 5.41) is 6.25. The van der Waals surface area contributed by atoms with Crippen molar-refractivity contribution in [2.24, 2.45) is 0 Å². The molecule has 1 amide bonds. The molecule has 0 aliphatic carbocycles. The van der Waals surface area contributed by atoms with Crippen LogP contribution < -0.4 is 10.6 Å². The van der Waals surface area contributed by atoms with Gasteiger partial charge in [-0.25, -0.2) is 4.79 Å². The predicted octanol–water partition coefficient (Wildman–Crippen LogP) is 4.60. The highest BCUT2D eigenvalue weighted by Gasteiger charge is 2.18. The normalized spacial score (nSPS) is 12.8. The molecule has 1 aromatic carbocycles. The van der Waals surface area contributed by atoms with Crippen LogP contribution in [0.25, 0.3) is 0 Å². The van der Waals surface area contributed by atoms with Crippen molar-refractivity contribution in [3.05, 3.63) is 32.7 Å². The van der Waals surface area contributed by atoms with Crippen LogP contribution in [0.3, 0.4) is 0 Å². The van der Waals surface area contributed by atoms with E-state index in [0.717, 1.165) is 21.9 Å². The fourth-order valence-corrected chi connectivity index (χ4v) is 2.48. The van der Waals surface area contributed by atoms with Gasteiger partial charge >= 0.3 is 6.09 Å². The van der Waals surface area contributed by atoms with Crippen molar-refractivity contribution < 1.29 is 9.53 Å². The van der Waals surface area contributed by atoms with E-state index in [1.54, 1.807) is 0 Å². The second-order valence-electron chi connectivity index (χ2n) is 6.13. The highest BCUT2D eigenvalue weighted by atomic mass is 79.9. The molecule has 4 nitrogen and oxygen atoms in total. The molecule has 6 heteroatoms. The highest BCUT2D eigenvalue weighted by molar-refractivity contribution is 9.13. The number of carbonyl (C=O) groups excluding carboxylic acids is 1. The van der Waals surface area contributed by atoms with Crippen molar-refractivity contribution in [2.45, 2.75) is 52.3 Å². The Morgan fingerprint density at radius 3 is 2.50 bits per heavy atom. The van der Waals surface area contributed by atoms with Gasteiger partial charge in [0.1, 0.15) is 5.60 Å². The van der Waals surface area contributed by atoms with Crippen molar-refractivity contribution in [2.75, 3.05) is 6.54 Å². The summed E-state index contributed by atoms with van der Waals surface area (Å²) in [7, 11) is 0. The molecule has 0 saturated heterocycles. The van der Waals surface area contributed by atoms with Gasteiger partial charge in [-0.1, -0.05) is 13.0 Å². The van der Waals surface area contributed by atoms with Gasteiger partial charge in [-0.15, -0.1) is 0 Å². The van der Waals surface area contributed by atoms with E-state index in [1.165, 1.54) is 5.56 Å². The van der Waals surface area contributed by atoms with Crippen LogP contribution in [0.5, 0.6) is 0 Å². The summed E-state index contributed by atoms with van der Waals surface area (Å²) in [5.41, 5.74) is 0.710. The molecular weight excluding hydrogens is 412 g/mol. The van der Waals surface area contributed by atoms with E-state index in [9.17, 15) is 4.79 Å². The van der Waals surface area contributed by atoms with Crippen molar-refractivity contribution in [1.29, 1.82) is 0 Å². The van der Waals surface area contributed by atoms with E-state index in [4.69, 9.17) is 4.74 Å². The molecule has 1 rings (SSSR count). The third kappa shape index (κ3) is 7.61. The fourth-order valence-electron chi connectivity index (χ4n) is 1.81. The lowest BCUT2D eigenvalue weighted by Crippen LogP contribution is -2.43. The van der Waals surface area contributed by atoms with Crippen LogP contribution in [0.1, 0.15) is 39.7 Å². The molecule has 0 aliphatic heterocycles. The maximum Gasteiger partial charge on any atom is 0.407 e. The number of alkyl carbamates (subject to hydrolysis) is 1. The molecule has 0 radical (unpaired) electrons. The first-order valence-electron chi connectivity index (χ1n) is 7.35. The topological polar surface area (TPSA) is 50.4 Å². The maximum absolute atomic E-state index is 11.8. The summed E-state index contributed by atoms with van der Waals surface area (Å²) in [6.45, 7) is 9.06. The second-order valence-corrected chi connectivity index (χ2v) is 7.84. The van der Waals surface area contributed by atoms with E-state index in [0.29, 0.717) is 6.54 Å². The third-order valence-electron chi connectivity index (χ3n) is 2.92. The number of carbonyl (C=O) groups is 1. The van der Waals surface area contributed by atoms with Gasteiger partial charge in [0, 0.05) is 28.1 Å². The summed E-state index contributed by atoms with van der Waals surface area (Å²) in [6.07, 6.45) is 0.476. The number of benzene rings is 1. The Hall–Kier alpha value is -0.590. The van der Waals surface area contributed by atoms with Gasteiger partial charge in [0.05, 0.1) is 0 Å². The SMILES string of the molecule is CCC(CNCc1ccc(Br)c(Br)c1)NC(=O)OC(C)(C)C. The Morgan fingerprint density at radius 2 is 1.95 bits per heavy atom. The van der Waals surface area contributed by atoms with Crippen LogP contribution in [-0.4, -0.2) is 24.3 Å². The van der Waals surface area contributed by atoms with Gasteiger partial charge in [-0.3, -0.25) is 0 Å². The molecule has 0 saturated carbocycles. The van der Waals surface area contributed by atoms with Crippen molar-refractivity contribution in [3.63, 3.8) is 0 Å². The number of hydrogen-bond donors (Lipinski definition) is 2. The Labute approximate surface area is 149 Å². The average molecular weight is 436 g/mol. The molecule has 0 heterocycles. The Kier molecular flexibility index (Phi) is 7.86. The van der Waals surface area contributed by atoms with E-state index in [2.05, 4.69) is 54.6 Å². The van der Waals surface area contributed by atoms with Crippen molar-refractivity contribution >= 4 is 38.0 Å². The minimum Gasteiger partial charge on any atom is -0.444 e. The summed E-state index contributed by atoms with van der Waals surface area (Å²) in [6, 6.07) is 6.19. The van der Waals surface area contributed by atoms with Gasteiger partial charge < -0.3 is 15.4 Å². The van der Waals surface area contributed by atoms with E-state index >= 15 is 0 Å². The Morgan fingerprint density at radius 1 is 1.27 bits per heavy atom. The monoisotopic (exact) mass is 434 g/mol. The lowest BCUT2D eigenvalue weighted by Gasteiger charge is -2.23. The highest BCUT2D eigenvalue weighted by Crippen LogP contribution is 2.23. The average Bonchev–Trinajstić information content (AvgIpc) is 2.39. The van der Waals surface area contributed by atoms with Crippen molar-refractivity contribution in [1.82, 2.24) is 10.6 Å². The molecule has 1 atom stereocenters. The maximum atomic E-state index is 11.8. The minimum atomic E-state index is -0.473. The standard InChI is InChI=1S/C16H24Br2N2O2/c1-5-12(20-15(21)22-16(2,3)4)10-19-9-11-6-7-13(17)14(18)8-11/h6-8,12,19H,5,9-10H2,1-4H3,(H,20,21). The van der Waals surface area contributed by atoms with E-state index in [1.807, 2.05) is 33.8 Å². The quantitative estimate of drug-likeness (QED) is 0.686. The number of nitrogens with one attached hydrogen (secondary N) is 2. The first kappa shape index (κ1) is 19.5. The minimum absolute atomic E-state index is 0.0498. The number of hydrogen-bond acceptors (Lipinski definition) is 3. The van der Waals surface area contributed by atoms with Crippen molar-refractivity contribution in [3.8, 4) is 0 Å². The van der Waals surface area contributed by atoms with Gasteiger partial charge in [-0.05, 0) is 76.7 Å². The Bertz CT molecular complexity index is 501. The second kappa shape index (κ2) is 8.89. The smallest absolute Gasteiger partial charge is 0.407 e. The lowest BCUT2D eigenvalue weighted by molar-refractivity contribution is 0.0502. The van der Waals surface area contributed by atoms with Gasteiger partial charge in [-0.2, -0.15) is 0 Å². The summed E-state index contributed by atoms with van der Waals surface area (Å²) < 4.78 is 7.34. The number of ether oxygens (including phenoxy) is 1. The molecule has 1 aromatic rings. The molecular formula is C16H24Br2N2O2. The Balaban J connectivity index is 2.40. The first-order chi connectivity index (χ1) is 10.2. The van der Waals surface area contributed by atoms with Gasteiger partial charge in [0.15, 0.2) is 0 Å². The summed E-state index contributed by atoms with van der Waals surface area (Å²) >= 11 is 6.95. The van der Waals surface area contributed by atoms with Gasteiger partial charge in [0.2, 0.25) is 0 Å². The van der Waals surface area contributed by atoms with E-state index in [-0.39, 0.29) is 12.1 Å². The van der Waals surface area contributed by atoms with E-state index < -0.39 is 5.60 Å². The zero-order valence-corrected chi connectivity index (χ0v) is 16.7. The molecule has 0 bridgehead atoms. The molecule has 0 fully saturated rings. The number of rotatable bonds is 6. The first-order valence-corrected chi connectivity index (χ1v) is 8.94. The summed E-state index contributed by atoms with van der Waals surface area (Å²) in [5.74, 6) is 0. The lowest BCUT2D eigenvalue weighted by atomic mass is 10.2. The molecule has 0 spiro atoms. The molecule has 124 valence electrons. The van der Waals surface area contributed by atoms with Crippen LogP contribution in [0.4, 0.5) is 4.79 Å². The van der Waals surface area contributed by atoms with Crippen LogP contribution in [0, 0.1) is 0 Å².